The lowest BCUT2D eigenvalue weighted by Gasteiger charge is -2.11. The molecule has 0 spiro atoms. The monoisotopic (exact) mass is 267 g/mol. The van der Waals surface area contributed by atoms with E-state index >= 15 is 0 Å². The van der Waals surface area contributed by atoms with E-state index in [0.717, 1.165) is 27.5 Å². The lowest BCUT2D eigenvalue weighted by atomic mass is 10.4. The maximum absolute atomic E-state index is 4.56. The number of hydrogen-bond donors (Lipinski definition) is 0. The van der Waals surface area contributed by atoms with Crippen LogP contribution in [-0.2, 0) is 6.54 Å². The summed E-state index contributed by atoms with van der Waals surface area (Å²) in [6.07, 6.45) is 2.49. The molecule has 17 heavy (non-hydrogen) atoms. The van der Waals surface area contributed by atoms with E-state index in [0.29, 0.717) is 5.92 Å². The Morgan fingerprint density at radius 1 is 1.35 bits per heavy atom. The van der Waals surface area contributed by atoms with E-state index in [2.05, 4.69) is 24.5 Å². The van der Waals surface area contributed by atoms with Gasteiger partial charge < -0.3 is 4.90 Å². The second-order valence-electron chi connectivity index (χ2n) is 4.28. The molecule has 1 saturated carbocycles. The molecule has 0 aromatic carbocycles. The van der Waals surface area contributed by atoms with Crippen molar-refractivity contribution in [3.05, 3.63) is 15.8 Å². The van der Waals surface area contributed by atoms with Gasteiger partial charge in [-0.05, 0) is 19.8 Å². The smallest absolute Gasteiger partial charge is 0.205 e. The standard InChI is InChI=1S/C10H13N5S2/c1-6-12-13-8(16-6)5-15(2)10-11-9(14-17-10)7-3-4-7/h7H,3-5H2,1-2H3. The summed E-state index contributed by atoms with van der Waals surface area (Å²) in [6.45, 7) is 2.72. The van der Waals surface area contributed by atoms with Gasteiger partial charge in [0.1, 0.15) is 15.8 Å². The fourth-order valence-corrected chi connectivity index (χ4v) is 3.03. The van der Waals surface area contributed by atoms with Crippen LogP contribution in [0.2, 0.25) is 0 Å². The molecule has 1 aliphatic carbocycles. The molecular formula is C10H13N5S2. The van der Waals surface area contributed by atoms with Crippen LogP contribution in [0, 0.1) is 6.92 Å². The van der Waals surface area contributed by atoms with Crippen molar-refractivity contribution in [3.63, 3.8) is 0 Å². The van der Waals surface area contributed by atoms with E-state index in [1.807, 2.05) is 14.0 Å². The SMILES string of the molecule is Cc1nnc(CN(C)c2nc(C3CC3)ns2)s1. The average molecular weight is 267 g/mol. The Morgan fingerprint density at radius 2 is 2.18 bits per heavy atom. The molecule has 0 N–H and O–H groups in total. The summed E-state index contributed by atoms with van der Waals surface area (Å²) < 4.78 is 4.40. The number of hydrogen-bond acceptors (Lipinski definition) is 7. The van der Waals surface area contributed by atoms with Crippen LogP contribution in [0.1, 0.15) is 34.6 Å². The van der Waals surface area contributed by atoms with Gasteiger partial charge in [-0.1, -0.05) is 11.3 Å². The van der Waals surface area contributed by atoms with Crippen molar-refractivity contribution >= 4 is 28.0 Å². The largest absolute Gasteiger partial charge is 0.343 e. The molecule has 1 fully saturated rings. The molecule has 0 saturated heterocycles. The number of aromatic nitrogens is 4. The Balaban J connectivity index is 1.69. The zero-order valence-electron chi connectivity index (χ0n) is 9.75. The zero-order chi connectivity index (χ0) is 11.8. The maximum Gasteiger partial charge on any atom is 0.205 e. The van der Waals surface area contributed by atoms with Crippen molar-refractivity contribution in [2.45, 2.75) is 32.2 Å². The van der Waals surface area contributed by atoms with Gasteiger partial charge in [0.05, 0.1) is 6.54 Å². The summed E-state index contributed by atoms with van der Waals surface area (Å²) in [7, 11) is 2.02. The summed E-state index contributed by atoms with van der Waals surface area (Å²) >= 11 is 3.10. The number of anilines is 1. The first-order chi connectivity index (χ1) is 8.22. The van der Waals surface area contributed by atoms with E-state index in [1.54, 1.807) is 11.3 Å². The molecule has 2 aromatic rings. The first-order valence-corrected chi connectivity index (χ1v) is 7.15. The molecule has 0 bridgehead atoms. The highest BCUT2D eigenvalue weighted by Crippen LogP contribution is 2.39. The van der Waals surface area contributed by atoms with E-state index in [9.17, 15) is 0 Å². The Hall–Kier alpha value is -1.08. The molecule has 0 amide bonds. The highest BCUT2D eigenvalue weighted by molar-refractivity contribution is 7.11. The second kappa shape index (κ2) is 4.30. The first kappa shape index (κ1) is 11.0. The average Bonchev–Trinajstić information content (AvgIpc) is 2.88. The van der Waals surface area contributed by atoms with Crippen molar-refractivity contribution in [3.8, 4) is 0 Å². The maximum atomic E-state index is 4.56. The molecule has 7 heteroatoms. The number of nitrogens with zero attached hydrogens (tertiary/aromatic N) is 5. The molecule has 90 valence electrons. The van der Waals surface area contributed by atoms with E-state index in [-0.39, 0.29) is 0 Å². The fourth-order valence-electron chi connectivity index (χ4n) is 1.56. The molecular weight excluding hydrogens is 254 g/mol. The van der Waals surface area contributed by atoms with Crippen molar-refractivity contribution < 1.29 is 0 Å². The third-order valence-electron chi connectivity index (χ3n) is 2.64. The van der Waals surface area contributed by atoms with Gasteiger partial charge in [0, 0.05) is 24.5 Å². The van der Waals surface area contributed by atoms with Crippen LogP contribution in [0.4, 0.5) is 5.13 Å². The molecule has 5 nitrogen and oxygen atoms in total. The minimum Gasteiger partial charge on any atom is -0.343 e. The molecule has 0 aliphatic heterocycles. The van der Waals surface area contributed by atoms with Crippen LogP contribution < -0.4 is 4.90 Å². The summed E-state index contributed by atoms with van der Waals surface area (Å²) in [4.78, 5) is 6.65. The van der Waals surface area contributed by atoms with E-state index < -0.39 is 0 Å². The van der Waals surface area contributed by atoms with Crippen LogP contribution in [0.25, 0.3) is 0 Å². The quantitative estimate of drug-likeness (QED) is 0.850. The molecule has 2 aromatic heterocycles. The predicted octanol–water partition coefficient (Wildman–Crippen LogP) is 2.21. The third kappa shape index (κ3) is 2.44. The van der Waals surface area contributed by atoms with Gasteiger partial charge in [-0.3, -0.25) is 0 Å². The fraction of sp³-hybridized carbons (Fsp3) is 0.600. The highest BCUT2D eigenvalue weighted by Gasteiger charge is 2.28. The Kier molecular flexibility index (Phi) is 2.79. The molecule has 0 radical (unpaired) electrons. The molecule has 3 rings (SSSR count). The predicted molar refractivity (Wildman–Crippen MR) is 68.6 cm³/mol. The summed E-state index contributed by atoms with van der Waals surface area (Å²) in [6, 6.07) is 0. The van der Waals surface area contributed by atoms with Crippen LogP contribution in [0.15, 0.2) is 0 Å². The summed E-state index contributed by atoms with van der Waals surface area (Å²) in [5.41, 5.74) is 0. The van der Waals surface area contributed by atoms with Crippen molar-refractivity contribution in [2.24, 2.45) is 0 Å². The van der Waals surface area contributed by atoms with Crippen LogP contribution in [0.3, 0.4) is 0 Å². The first-order valence-electron chi connectivity index (χ1n) is 5.56. The summed E-state index contributed by atoms with van der Waals surface area (Å²) in [5.74, 6) is 1.64. The normalized spacial score (nSPS) is 15.2. The lowest BCUT2D eigenvalue weighted by Crippen LogP contribution is -2.16. The summed E-state index contributed by atoms with van der Waals surface area (Å²) in [5, 5.41) is 11.1. The minimum atomic E-state index is 0.622. The second-order valence-corrected chi connectivity index (χ2v) is 6.28. The third-order valence-corrected chi connectivity index (χ3v) is 4.31. The molecule has 0 unspecified atom stereocenters. The van der Waals surface area contributed by atoms with Crippen LogP contribution in [0.5, 0.6) is 0 Å². The zero-order valence-corrected chi connectivity index (χ0v) is 11.4. The Labute approximate surface area is 108 Å². The van der Waals surface area contributed by atoms with Gasteiger partial charge in [0.25, 0.3) is 0 Å². The molecule has 0 atom stereocenters. The Bertz CT molecular complexity index is 516. The van der Waals surface area contributed by atoms with Crippen LogP contribution in [-0.4, -0.2) is 26.6 Å². The van der Waals surface area contributed by atoms with Crippen molar-refractivity contribution in [1.82, 2.24) is 19.6 Å². The van der Waals surface area contributed by atoms with E-state index in [1.165, 1.54) is 24.4 Å². The molecule has 2 heterocycles. The molecule has 1 aliphatic rings. The van der Waals surface area contributed by atoms with Gasteiger partial charge in [0.15, 0.2) is 0 Å². The number of rotatable bonds is 4. The van der Waals surface area contributed by atoms with Gasteiger partial charge in [-0.2, -0.15) is 4.37 Å². The van der Waals surface area contributed by atoms with Crippen LogP contribution >= 0.6 is 22.9 Å². The number of aryl methyl sites for hydroxylation is 1. The van der Waals surface area contributed by atoms with Gasteiger partial charge in [0.2, 0.25) is 5.13 Å². The van der Waals surface area contributed by atoms with Gasteiger partial charge in [-0.25, -0.2) is 4.98 Å². The van der Waals surface area contributed by atoms with Crippen molar-refractivity contribution in [1.29, 1.82) is 0 Å². The van der Waals surface area contributed by atoms with Gasteiger partial charge >= 0.3 is 0 Å². The van der Waals surface area contributed by atoms with Gasteiger partial charge in [-0.15, -0.1) is 10.2 Å². The highest BCUT2D eigenvalue weighted by atomic mass is 32.1. The lowest BCUT2D eigenvalue weighted by molar-refractivity contribution is 0.862. The van der Waals surface area contributed by atoms with E-state index in [4.69, 9.17) is 0 Å². The topological polar surface area (TPSA) is 54.8 Å². The Morgan fingerprint density at radius 3 is 2.82 bits per heavy atom. The minimum absolute atomic E-state index is 0.622. The van der Waals surface area contributed by atoms with Crippen molar-refractivity contribution in [2.75, 3.05) is 11.9 Å².